The van der Waals surface area contributed by atoms with Gasteiger partial charge in [-0.05, 0) is 97.1 Å². The summed E-state index contributed by atoms with van der Waals surface area (Å²) < 4.78 is 0. The molecule has 16 bridgehead atoms. The maximum atomic E-state index is 4.88. The largest absolute Gasteiger partial charge is 0.352 e. The van der Waals surface area contributed by atoms with Gasteiger partial charge >= 0.3 is 0 Å². The quantitative estimate of drug-likeness (QED) is 0.274. The van der Waals surface area contributed by atoms with Gasteiger partial charge in [-0.3, -0.25) is 0 Å². The Bertz CT molecular complexity index is 1990. The zero-order chi connectivity index (χ0) is 26.2. The molecule has 0 saturated heterocycles. The Balaban J connectivity index is 1.24. The van der Waals surface area contributed by atoms with Gasteiger partial charge in [0.2, 0.25) is 0 Å². The molecular weight excluding hydrogens is 496 g/mol. The topological polar surface area (TPSA) is 113 Å². The molecular formula is C32H20N8. The number of nitrogens with one attached hydrogen (secondary N) is 4. The second-order valence-electron chi connectivity index (χ2n) is 10.0. The summed E-state index contributed by atoms with van der Waals surface area (Å²) in [5.41, 5.74) is 10.8. The molecule has 0 amide bonds. The Hall–Kier alpha value is -5.76. The van der Waals surface area contributed by atoms with Crippen molar-refractivity contribution < 1.29 is 0 Å². The van der Waals surface area contributed by atoms with Gasteiger partial charge in [-0.2, -0.15) is 0 Å². The summed E-state index contributed by atoms with van der Waals surface area (Å²) in [6, 6.07) is 16.4. The normalized spacial score (nSPS) is 18.0. The molecule has 4 N–H and O–H groups in total. The van der Waals surface area contributed by atoms with E-state index in [1.807, 2.05) is 97.1 Å². The van der Waals surface area contributed by atoms with Crippen LogP contribution in [0, 0.1) is 0 Å². The van der Waals surface area contributed by atoms with Crippen LogP contribution in [0.25, 0.3) is 22.8 Å². The van der Waals surface area contributed by atoms with Crippen LogP contribution in [0.2, 0.25) is 0 Å². The predicted octanol–water partition coefficient (Wildman–Crippen LogP) is 1.98. The molecule has 0 aromatic carbocycles. The average Bonchev–Trinajstić information content (AvgIpc) is 3.84. The molecule has 9 rings (SSSR count). The number of H-pyrrole nitrogens is 4. The van der Waals surface area contributed by atoms with E-state index in [2.05, 4.69) is 19.9 Å². The molecule has 0 radical (unpaired) electrons. The Labute approximate surface area is 226 Å². The van der Waals surface area contributed by atoms with E-state index in [4.69, 9.17) is 20.0 Å². The van der Waals surface area contributed by atoms with E-state index in [0.717, 1.165) is 89.8 Å². The van der Waals surface area contributed by atoms with Crippen molar-refractivity contribution in [2.75, 3.05) is 0 Å². The average molecular weight is 517 g/mol. The Morgan fingerprint density at radius 1 is 0.300 bits per heavy atom. The Kier molecular flexibility index (Phi) is 4.17. The molecule has 5 aliphatic rings. The number of allylic oxidation sites excluding steroid dienone is 4. The molecule has 40 heavy (non-hydrogen) atoms. The van der Waals surface area contributed by atoms with Crippen LogP contribution in [0.1, 0.15) is 22.8 Å². The van der Waals surface area contributed by atoms with E-state index in [-0.39, 0.29) is 0 Å². The van der Waals surface area contributed by atoms with Crippen LogP contribution in [0.15, 0.2) is 117 Å². The van der Waals surface area contributed by atoms with Crippen LogP contribution in [-0.4, -0.2) is 42.8 Å². The van der Waals surface area contributed by atoms with E-state index in [1.165, 1.54) is 0 Å². The second kappa shape index (κ2) is 7.87. The number of aliphatic imine (C=N–C) groups is 4. The van der Waals surface area contributed by atoms with Crippen molar-refractivity contribution in [3.63, 3.8) is 0 Å². The van der Waals surface area contributed by atoms with Gasteiger partial charge in [0.25, 0.3) is 0 Å². The third-order valence-electron chi connectivity index (χ3n) is 7.51. The minimum atomic E-state index is 0.880. The first-order chi connectivity index (χ1) is 19.7. The maximum Gasteiger partial charge on any atom is 0.0873 e. The molecule has 4 aromatic rings. The first-order valence-corrected chi connectivity index (χ1v) is 13.1. The molecule has 0 saturated carbocycles. The summed E-state index contributed by atoms with van der Waals surface area (Å²) in [5.74, 6) is 0. The fourth-order valence-electron chi connectivity index (χ4n) is 5.42. The summed E-state index contributed by atoms with van der Waals surface area (Å²) in [7, 11) is 0. The Morgan fingerprint density at radius 3 is 0.850 bits per heavy atom. The fourth-order valence-corrected chi connectivity index (χ4v) is 5.42. The van der Waals surface area contributed by atoms with Gasteiger partial charge in [0, 0.05) is 0 Å². The highest BCUT2D eigenvalue weighted by Gasteiger charge is 2.16. The molecule has 0 fully saturated rings. The van der Waals surface area contributed by atoms with Crippen LogP contribution in [0.5, 0.6) is 0 Å². The first-order valence-electron chi connectivity index (χ1n) is 13.1. The van der Waals surface area contributed by atoms with E-state index in [0.29, 0.717) is 0 Å². The van der Waals surface area contributed by atoms with Gasteiger partial charge in [-0.25, -0.2) is 20.0 Å². The van der Waals surface area contributed by atoms with Crippen LogP contribution in [0.3, 0.4) is 0 Å². The third-order valence-corrected chi connectivity index (χ3v) is 7.51. The zero-order valence-corrected chi connectivity index (χ0v) is 21.0. The standard InChI is InChI=1S/C32H20N8/c1-2-18-20-5-6-23(35-20)24-9-10-27(37-24)28-13-14-31(39-28)32-16-15-30(40-32)29-12-11-26(38-29)25-8-7-22(36-25)21-4-3-19(34-21)17(1)33-18/h1-16,33,36-37,40H. The van der Waals surface area contributed by atoms with Gasteiger partial charge in [0.05, 0.1) is 89.8 Å². The molecule has 4 aromatic heterocycles. The van der Waals surface area contributed by atoms with Crippen LogP contribution >= 0.6 is 0 Å². The minimum Gasteiger partial charge on any atom is -0.352 e. The van der Waals surface area contributed by atoms with Crippen molar-refractivity contribution in [2.45, 2.75) is 0 Å². The first kappa shape index (κ1) is 21.2. The van der Waals surface area contributed by atoms with Crippen molar-refractivity contribution in [3.8, 4) is 0 Å². The van der Waals surface area contributed by atoms with Gasteiger partial charge in [0.1, 0.15) is 0 Å². The highest BCUT2D eigenvalue weighted by molar-refractivity contribution is 6.17. The molecule has 8 heteroatoms. The molecule has 8 nitrogen and oxygen atoms in total. The number of nitrogens with zero attached hydrogens (tertiary/aromatic N) is 4. The maximum absolute atomic E-state index is 4.88. The van der Waals surface area contributed by atoms with Crippen LogP contribution in [-0.2, 0) is 0 Å². The molecule has 0 spiro atoms. The lowest BCUT2D eigenvalue weighted by Gasteiger charge is -1.96. The van der Waals surface area contributed by atoms with E-state index in [1.54, 1.807) is 0 Å². The number of hydrogen-bond donors (Lipinski definition) is 4. The predicted molar refractivity (Wildman–Crippen MR) is 158 cm³/mol. The van der Waals surface area contributed by atoms with Crippen molar-refractivity contribution in [1.82, 2.24) is 19.9 Å². The van der Waals surface area contributed by atoms with Crippen LogP contribution in [0.4, 0.5) is 0 Å². The van der Waals surface area contributed by atoms with Crippen LogP contribution < -0.4 is 21.4 Å². The smallest absolute Gasteiger partial charge is 0.0873 e. The number of fused-ring (bicyclic) bond motifs is 16. The number of aromatic nitrogens is 4. The lowest BCUT2D eigenvalue weighted by Crippen LogP contribution is -2.13. The van der Waals surface area contributed by atoms with Gasteiger partial charge in [-0.15, -0.1) is 0 Å². The number of rotatable bonds is 0. The SMILES string of the molecule is C1=CC2=c3ccc([nH]3)=C3C=CC(=N3)c3ccc([nH]3)C3=NC(=c4ccc([nH]4)=C4C=CC(=N4)c4ccc([nH]4)C1=N2)C=C3. The summed E-state index contributed by atoms with van der Waals surface area (Å²) in [5, 5.41) is 3.78. The lowest BCUT2D eigenvalue weighted by atomic mass is 10.2. The highest BCUT2D eigenvalue weighted by atomic mass is 14.9. The van der Waals surface area contributed by atoms with Crippen molar-refractivity contribution in [1.29, 1.82) is 0 Å². The lowest BCUT2D eigenvalue weighted by molar-refractivity contribution is 1.23. The monoisotopic (exact) mass is 516 g/mol. The zero-order valence-electron chi connectivity index (χ0n) is 21.0. The second-order valence-corrected chi connectivity index (χ2v) is 10.0. The molecule has 188 valence electrons. The van der Waals surface area contributed by atoms with Crippen molar-refractivity contribution in [3.05, 3.63) is 141 Å². The minimum absolute atomic E-state index is 0.880. The van der Waals surface area contributed by atoms with Gasteiger partial charge in [0.15, 0.2) is 0 Å². The van der Waals surface area contributed by atoms with E-state index in [9.17, 15) is 0 Å². The number of hydrogen-bond acceptors (Lipinski definition) is 4. The molecule has 0 unspecified atom stereocenters. The fraction of sp³-hybridized carbons (Fsp3) is 0. The molecule has 0 atom stereocenters. The molecule has 0 aliphatic carbocycles. The van der Waals surface area contributed by atoms with Gasteiger partial charge < -0.3 is 19.9 Å². The highest BCUT2D eigenvalue weighted by Crippen LogP contribution is 2.20. The summed E-state index contributed by atoms with van der Waals surface area (Å²) in [6.45, 7) is 0. The summed E-state index contributed by atoms with van der Waals surface area (Å²) in [4.78, 5) is 33.5. The van der Waals surface area contributed by atoms with Gasteiger partial charge in [-0.1, -0.05) is 0 Å². The van der Waals surface area contributed by atoms with Crippen molar-refractivity contribution >= 4 is 45.6 Å². The third kappa shape index (κ3) is 3.26. The summed E-state index contributed by atoms with van der Waals surface area (Å²) >= 11 is 0. The Morgan fingerprint density at radius 2 is 0.575 bits per heavy atom. The van der Waals surface area contributed by atoms with E-state index >= 15 is 0 Å². The summed E-state index contributed by atoms with van der Waals surface area (Å²) in [6.07, 6.45) is 16.2. The van der Waals surface area contributed by atoms with E-state index < -0.39 is 0 Å². The molecule has 5 aliphatic heterocycles. The number of aromatic amines is 4. The molecule has 9 heterocycles. The van der Waals surface area contributed by atoms with Crippen molar-refractivity contribution in [2.24, 2.45) is 20.0 Å².